The third kappa shape index (κ3) is 4.03. The average molecular weight is 350 g/mol. The van der Waals surface area contributed by atoms with Gasteiger partial charge in [0.15, 0.2) is 6.23 Å². The van der Waals surface area contributed by atoms with Gasteiger partial charge in [-0.2, -0.15) is 0 Å². The zero-order chi connectivity index (χ0) is 17.4. The number of carboxylic acids is 1. The first-order valence-electron chi connectivity index (χ1n) is 6.31. The Morgan fingerprint density at radius 3 is 2.61 bits per heavy atom. The van der Waals surface area contributed by atoms with Crippen molar-refractivity contribution in [3.05, 3.63) is 29.4 Å². The summed E-state index contributed by atoms with van der Waals surface area (Å²) < 4.78 is 21.3. The van der Waals surface area contributed by atoms with Gasteiger partial charge in [-0.25, -0.2) is 9.36 Å². The van der Waals surface area contributed by atoms with Gasteiger partial charge >= 0.3 is 13.8 Å². The van der Waals surface area contributed by atoms with Crippen molar-refractivity contribution < 1.29 is 43.7 Å². The van der Waals surface area contributed by atoms with E-state index in [1.165, 1.54) is 12.3 Å². The summed E-state index contributed by atoms with van der Waals surface area (Å²) in [6.45, 7) is -0.665. The fraction of sp³-hybridized carbons (Fsp3) is 0.455. The molecule has 2 heterocycles. The van der Waals surface area contributed by atoms with Gasteiger partial charge in [-0.15, -0.1) is 0 Å². The highest BCUT2D eigenvalue weighted by Crippen LogP contribution is 2.38. The van der Waals surface area contributed by atoms with Crippen molar-refractivity contribution in [1.29, 1.82) is 5.41 Å². The van der Waals surface area contributed by atoms with Crippen LogP contribution in [0.5, 0.6) is 0 Å². The second-order valence-electron chi connectivity index (χ2n) is 4.86. The lowest BCUT2D eigenvalue weighted by molar-refractivity contribution is -0.0523. The van der Waals surface area contributed by atoms with Crippen LogP contribution in [0, 0.1) is 5.41 Å². The van der Waals surface area contributed by atoms with Crippen molar-refractivity contribution in [2.75, 3.05) is 6.61 Å². The molecule has 1 aromatic heterocycles. The van der Waals surface area contributed by atoms with E-state index in [1.807, 2.05) is 0 Å². The highest BCUT2D eigenvalue weighted by Gasteiger charge is 2.44. The molecule has 0 spiro atoms. The molecule has 11 nitrogen and oxygen atoms in total. The number of nitrogens with zero attached hydrogens (tertiary/aromatic N) is 1. The van der Waals surface area contributed by atoms with Crippen LogP contribution in [0.1, 0.15) is 16.6 Å². The van der Waals surface area contributed by atoms with Crippen LogP contribution >= 0.6 is 7.82 Å². The van der Waals surface area contributed by atoms with Gasteiger partial charge in [-0.05, 0) is 6.07 Å². The molecule has 128 valence electrons. The summed E-state index contributed by atoms with van der Waals surface area (Å²) in [6, 6.07) is 1.17. The first-order chi connectivity index (χ1) is 10.6. The maximum absolute atomic E-state index is 11.0. The topological polar surface area (TPSA) is 183 Å². The van der Waals surface area contributed by atoms with E-state index in [0.717, 1.165) is 10.8 Å². The number of phosphoric ester groups is 1. The van der Waals surface area contributed by atoms with Crippen LogP contribution in [0.4, 0.5) is 0 Å². The predicted molar refractivity (Wildman–Crippen MR) is 71.2 cm³/mol. The van der Waals surface area contributed by atoms with E-state index in [-0.39, 0.29) is 10.9 Å². The molecule has 0 radical (unpaired) electrons. The van der Waals surface area contributed by atoms with Crippen LogP contribution in [0.15, 0.2) is 18.5 Å². The van der Waals surface area contributed by atoms with Crippen molar-refractivity contribution in [2.45, 2.75) is 24.5 Å². The number of hydrogen-bond acceptors (Lipinski definition) is 7. The molecular weight excluding hydrogens is 335 g/mol. The molecule has 1 fully saturated rings. The summed E-state index contributed by atoms with van der Waals surface area (Å²) in [5.41, 5.74) is -0.340. The van der Waals surface area contributed by atoms with Gasteiger partial charge < -0.3 is 34.4 Å². The molecular formula is C11H15N2O9P. The van der Waals surface area contributed by atoms with Gasteiger partial charge in [0.25, 0.3) is 0 Å². The Balaban J connectivity index is 2.21. The van der Waals surface area contributed by atoms with E-state index in [1.54, 1.807) is 0 Å². The molecule has 1 saturated heterocycles. The predicted octanol–water partition coefficient (Wildman–Crippen LogP) is -1.61. The molecule has 23 heavy (non-hydrogen) atoms. The first-order valence-corrected chi connectivity index (χ1v) is 7.84. The Morgan fingerprint density at radius 2 is 2.04 bits per heavy atom. The fourth-order valence-electron chi connectivity index (χ4n) is 2.12. The number of aromatic nitrogens is 1. The number of carbonyl (C=O) groups is 1. The van der Waals surface area contributed by atoms with Gasteiger partial charge in [0.2, 0.25) is 0 Å². The number of ether oxygens (including phenoxy) is 1. The number of aliphatic hydroxyl groups is 2. The van der Waals surface area contributed by atoms with Gasteiger partial charge in [-0.3, -0.25) is 9.93 Å². The first kappa shape index (κ1) is 17.8. The van der Waals surface area contributed by atoms with Crippen LogP contribution in [0.3, 0.4) is 0 Å². The minimum atomic E-state index is -4.77. The maximum atomic E-state index is 11.0. The number of hydrogen-bond donors (Lipinski definition) is 6. The lowest BCUT2D eigenvalue weighted by Gasteiger charge is -2.19. The number of phosphoric acid groups is 1. The van der Waals surface area contributed by atoms with Gasteiger partial charge in [0.1, 0.15) is 23.9 Å². The molecule has 1 aromatic rings. The summed E-state index contributed by atoms with van der Waals surface area (Å²) in [5, 5.41) is 36.0. The average Bonchev–Trinajstić information content (AvgIpc) is 2.73. The van der Waals surface area contributed by atoms with E-state index in [9.17, 15) is 19.6 Å². The number of carboxylic acid groups (broad SMARTS) is 1. The smallest absolute Gasteiger partial charge is 0.469 e. The molecule has 1 aliphatic heterocycles. The van der Waals surface area contributed by atoms with E-state index in [2.05, 4.69) is 4.52 Å². The highest BCUT2D eigenvalue weighted by molar-refractivity contribution is 7.46. The third-order valence-corrected chi connectivity index (χ3v) is 3.74. The monoisotopic (exact) mass is 350 g/mol. The third-order valence-electron chi connectivity index (χ3n) is 3.25. The molecule has 1 aliphatic rings. The Labute approximate surface area is 129 Å². The molecule has 0 amide bonds. The second kappa shape index (κ2) is 6.49. The summed E-state index contributed by atoms with van der Waals surface area (Å²) in [6.07, 6.45) is -3.07. The number of aliphatic hydroxyl groups excluding tert-OH is 2. The fourth-order valence-corrected chi connectivity index (χ4v) is 2.47. The van der Waals surface area contributed by atoms with Gasteiger partial charge in [-0.1, -0.05) is 0 Å². The minimum absolute atomic E-state index is 0.247. The number of aromatic carboxylic acids is 1. The second-order valence-corrected chi connectivity index (χ2v) is 6.10. The molecule has 0 bridgehead atoms. The highest BCUT2D eigenvalue weighted by atomic mass is 31.2. The van der Waals surface area contributed by atoms with Crippen LogP contribution in [-0.4, -0.2) is 60.6 Å². The zero-order valence-electron chi connectivity index (χ0n) is 11.5. The molecule has 0 aliphatic carbocycles. The number of rotatable bonds is 5. The minimum Gasteiger partial charge on any atom is -0.478 e. The maximum Gasteiger partial charge on any atom is 0.469 e. The van der Waals surface area contributed by atoms with Crippen molar-refractivity contribution in [2.24, 2.45) is 0 Å². The summed E-state index contributed by atoms with van der Waals surface area (Å²) >= 11 is 0. The van der Waals surface area contributed by atoms with Crippen molar-refractivity contribution in [3.8, 4) is 0 Å². The number of pyridine rings is 1. The molecule has 0 saturated carbocycles. The summed E-state index contributed by atoms with van der Waals surface area (Å²) in [4.78, 5) is 28.3. The van der Waals surface area contributed by atoms with Gasteiger partial charge in [0.05, 0.1) is 12.0 Å². The Hall–Kier alpha value is -1.59. The standard InChI is InChI=1S/C11H15N2O9P/c12-6-1-2-13(3-5(6)11(16)17)10-9(15)8(14)7(22-10)4-21-23(18,19)20/h1-3,7-10,12,14-15H,4H2,(H,16,17)(H2,18,19,20)/t7-,8+,9-,10-/m1/s1. The molecule has 6 N–H and O–H groups in total. The molecule has 0 aromatic carbocycles. The Morgan fingerprint density at radius 1 is 1.39 bits per heavy atom. The Kier molecular flexibility index (Phi) is 5.01. The summed E-state index contributed by atoms with van der Waals surface area (Å²) in [7, 11) is -4.77. The summed E-state index contributed by atoms with van der Waals surface area (Å²) in [5.74, 6) is -1.35. The molecule has 12 heteroatoms. The van der Waals surface area contributed by atoms with Crippen LogP contribution < -0.4 is 5.36 Å². The van der Waals surface area contributed by atoms with E-state index in [4.69, 9.17) is 25.0 Å². The lowest BCUT2D eigenvalue weighted by atomic mass is 10.1. The lowest BCUT2D eigenvalue weighted by Crippen LogP contribution is -2.33. The van der Waals surface area contributed by atoms with Crippen LogP contribution in [0.2, 0.25) is 0 Å². The Bertz CT molecular complexity index is 699. The number of nitrogens with one attached hydrogen (secondary N) is 1. The molecule has 2 rings (SSSR count). The largest absolute Gasteiger partial charge is 0.478 e. The normalized spacial score (nSPS) is 28.0. The van der Waals surface area contributed by atoms with E-state index >= 15 is 0 Å². The van der Waals surface area contributed by atoms with Crippen molar-refractivity contribution in [1.82, 2.24) is 4.57 Å². The van der Waals surface area contributed by atoms with Gasteiger partial charge in [0, 0.05) is 12.4 Å². The molecule has 0 unspecified atom stereocenters. The molecule has 4 atom stereocenters. The van der Waals surface area contributed by atoms with Crippen molar-refractivity contribution in [3.63, 3.8) is 0 Å². The van der Waals surface area contributed by atoms with Crippen LogP contribution in [-0.2, 0) is 13.8 Å². The van der Waals surface area contributed by atoms with Crippen molar-refractivity contribution >= 4 is 13.8 Å². The quantitative estimate of drug-likeness (QED) is 0.340. The zero-order valence-corrected chi connectivity index (χ0v) is 12.4. The van der Waals surface area contributed by atoms with E-state index < -0.39 is 44.9 Å². The van der Waals surface area contributed by atoms with E-state index in [0.29, 0.717) is 0 Å². The van der Waals surface area contributed by atoms with Crippen LogP contribution in [0.25, 0.3) is 0 Å². The SMILES string of the molecule is N=c1ccn([C@@H]2O[C@H](COP(=O)(O)O)[C@H](O)[C@H]2O)cc1C(=O)O.